The van der Waals surface area contributed by atoms with Crippen molar-refractivity contribution in [1.82, 2.24) is 0 Å². The second-order valence-electron chi connectivity index (χ2n) is 3.63. The molecule has 1 rings (SSSR count). The molecule has 2 N–H and O–H groups in total. The number of rotatable bonds is 2. The van der Waals surface area contributed by atoms with Crippen molar-refractivity contribution in [2.75, 3.05) is 0 Å². The van der Waals surface area contributed by atoms with Crippen molar-refractivity contribution >= 4 is 58.3 Å². The third kappa shape index (κ3) is 1.67. The number of carboxylic acid groups (broad SMARTS) is 2. The highest BCUT2D eigenvalue weighted by Gasteiger charge is 2.71. The van der Waals surface area contributed by atoms with Crippen LogP contribution in [-0.4, -0.2) is 36.2 Å². The van der Waals surface area contributed by atoms with Crippen molar-refractivity contribution in [3.63, 3.8) is 0 Å². The number of carbonyl (C=O) groups is 2. The van der Waals surface area contributed by atoms with Gasteiger partial charge in [-0.05, 0) is 19.3 Å². The van der Waals surface area contributed by atoms with Crippen LogP contribution in [0.4, 0.5) is 0 Å². The molecule has 2 unspecified atom stereocenters. The molecular weight excluding hydrogens is 302 g/mol. The maximum atomic E-state index is 11.2. The van der Waals surface area contributed by atoms with E-state index >= 15 is 0 Å². The Labute approximate surface area is 111 Å². The second kappa shape index (κ2) is 4.09. The van der Waals surface area contributed by atoms with Gasteiger partial charge in [-0.25, -0.2) is 0 Å². The van der Waals surface area contributed by atoms with Crippen LogP contribution >= 0.6 is 46.4 Å². The second-order valence-corrected chi connectivity index (χ2v) is 6.32. The lowest BCUT2D eigenvalue weighted by Gasteiger charge is -2.46. The Morgan fingerprint density at radius 2 is 1.44 bits per heavy atom. The monoisotopic (exact) mass is 308 g/mol. The van der Waals surface area contributed by atoms with Crippen LogP contribution in [0.1, 0.15) is 19.3 Å². The van der Waals surface area contributed by atoms with Crippen LogP contribution in [0.25, 0.3) is 0 Å². The summed E-state index contributed by atoms with van der Waals surface area (Å²) in [7, 11) is 0. The predicted molar refractivity (Wildman–Crippen MR) is 60.7 cm³/mol. The van der Waals surface area contributed by atoms with Crippen LogP contribution in [0.2, 0.25) is 0 Å². The first-order valence-electron chi connectivity index (χ1n) is 4.32. The van der Waals surface area contributed by atoms with Crippen molar-refractivity contribution in [1.29, 1.82) is 0 Å². The molecule has 0 heterocycles. The fourth-order valence-corrected chi connectivity index (χ4v) is 3.26. The van der Waals surface area contributed by atoms with Gasteiger partial charge in [-0.1, -0.05) is 23.2 Å². The Balaban J connectivity index is 3.39. The number of hydrogen-bond donors (Lipinski definition) is 2. The molecule has 0 saturated heterocycles. The van der Waals surface area contributed by atoms with Gasteiger partial charge in [0, 0.05) is 0 Å². The average Bonchev–Trinajstić information content (AvgIpc) is 2.12. The van der Waals surface area contributed by atoms with E-state index in [1.165, 1.54) is 0 Å². The van der Waals surface area contributed by atoms with Gasteiger partial charge in [-0.2, -0.15) is 0 Å². The summed E-state index contributed by atoms with van der Waals surface area (Å²) in [6, 6.07) is 0. The maximum Gasteiger partial charge on any atom is 0.330 e. The zero-order valence-corrected chi connectivity index (χ0v) is 10.9. The molecule has 0 spiro atoms. The van der Waals surface area contributed by atoms with E-state index in [9.17, 15) is 9.59 Å². The van der Waals surface area contributed by atoms with Crippen LogP contribution in [0.15, 0.2) is 0 Å². The summed E-state index contributed by atoms with van der Waals surface area (Å²) >= 11 is 23.3. The zero-order valence-electron chi connectivity index (χ0n) is 7.84. The van der Waals surface area contributed by atoms with Gasteiger partial charge in [-0.3, -0.25) is 9.59 Å². The van der Waals surface area contributed by atoms with Crippen LogP contribution in [0.3, 0.4) is 0 Å². The molecule has 0 aliphatic heterocycles. The normalized spacial score (nSPS) is 38.0. The summed E-state index contributed by atoms with van der Waals surface area (Å²) < 4.78 is -1.93. The first-order valence-corrected chi connectivity index (χ1v) is 5.83. The summed E-state index contributed by atoms with van der Waals surface area (Å²) in [4.78, 5) is 17.6. The number of alkyl halides is 4. The minimum atomic E-state index is -2.46. The SMILES string of the molecule is O=C(O)C1(Cl)CCCC(Cl)(Cl)C1(Cl)C(=O)O. The number of aliphatic carboxylic acids is 2. The van der Waals surface area contributed by atoms with Crippen LogP contribution < -0.4 is 0 Å². The topological polar surface area (TPSA) is 74.6 Å². The van der Waals surface area contributed by atoms with Gasteiger partial charge in [0.1, 0.15) is 4.33 Å². The highest BCUT2D eigenvalue weighted by Crippen LogP contribution is 2.57. The lowest BCUT2D eigenvalue weighted by Crippen LogP contribution is -2.67. The van der Waals surface area contributed by atoms with Crippen molar-refractivity contribution in [2.24, 2.45) is 0 Å². The third-order valence-electron chi connectivity index (χ3n) is 2.70. The molecular formula is C8H8Cl4O4. The van der Waals surface area contributed by atoms with E-state index in [4.69, 9.17) is 56.6 Å². The highest BCUT2D eigenvalue weighted by atomic mass is 35.5. The molecule has 0 aromatic heterocycles. The van der Waals surface area contributed by atoms with Crippen LogP contribution in [0, 0.1) is 0 Å². The molecule has 92 valence electrons. The number of carboxylic acids is 2. The van der Waals surface area contributed by atoms with Crippen LogP contribution in [0.5, 0.6) is 0 Å². The summed E-state index contributed by atoms with van der Waals surface area (Å²) in [6.07, 6.45) is 0.235. The van der Waals surface area contributed by atoms with E-state index in [1.807, 2.05) is 0 Å². The minimum absolute atomic E-state index is 0.0632. The predicted octanol–water partition coefficient (Wildman–Crippen LogP) is 2.47. The molecule has 16 heavy (non-hydrogen) atoms. The van der Waals surface area contributed by atoms with Crippen molar-refractivity contribution < 1.29 is 19.8 Å². The first kappa shape index (κ1) is 14.2. The molecule has 0 aromatic carbocycles. The Morgan fingerprint density at radius 3 is 1.75 bits per heavy atom. The summed E-state index contributed by atoms with van der Waals surface area (Å²) in [5.41, 5.74) is 0. The lowest BCUT2D eigenvalue weighted by atomic mass is 9.76. The molecule has 2 atom stereocenters. The third-order valence-corrected chi connectivity index (χ3v) is 5.37. The van der Waals surface area contributed by atoms with E-state index < -0.39 is 26.0 Å². The molecule has 1 fully saturated rings. The van der Waals surface area contributed by atoms with E-state index in [0.717, 1.165) is 0 Å². The molecule has 1 saturated carbocycles. The standard InChI is InChI=1S/C8H8Cl4O4/c9-6(4(13)14)2-1-3-7(10,11)8(6,12)5(15)16/h1-3H2,(H,13,14)(H,15,16). The molecule has 1 aliphatic rings. The maximum absolute atomic E-state index is 11.2. The quantitative estimate of drug-likeness (QED) is 0.768. The van der Waals surface area contributed by atoms with Crippen molar-refractivity contribution in [3.05, 3.63) is 0 Å². The molecule has 0 amide bonds. The highest BCUT2D eigenvalue weighted by molar-refractivity contribution is 6.60. The summed E-state index contributed by atoms with van der Waals surface area (Å²) in [5, 5.41) is 18.1. The van der Waals surface area contributed by atoms with Gasteiger partial charge in [0.2, 0.25) is 4.87 Å². The smallest absolute Gasteiger partial charge is 0.330 e. The Kier molecular flexibility index (Phi) is 3.62. The average molecular weight is 310 g/mol. The molecule has 0 aromatic rings. The Morgan fingerprint density at radius 1 is 0.938 bits per heavy atom. The molecule has 4 nitrogen and oxygen atoms in total. The van der Waals surface area contributed by atoms with Gasteiger partial charge in [0.05, 0.1) is 0 Å². The lowest BCUT2D eigenvalue weighted by molar-refractivity contribution is -0.152. The fourth-order valence-electron chi connectivity index (χ4n) is 1.77. The van der Waals surface area contributed by atoms with E-state index in [-0.39, 0.29) is 19.3 Å². The van der Waals surface area contributed by atoms with E-state index in [1.54, 1.807) is 0 Å². The van der Waals surface area contributed by atoms with Crippen molar-refractivity contribution in [2.45, 2.75) is 33.3 Å². The van der Waals surface area contributed by atoms with Gasteiger partial charge < -0.3 is 10.2 Å². The molecule has 0 radical (unpaired) electrons. The zero-order chi connectivity index (χ0) is 12.8. The van der Waals surface area contributed by atoms with Gasteiger partial charge in [0.25, 0.3) is 0 Å². The van der Waals surface area contributed by atoms with E-state index in [0.29, 0.717) is 0 Å². The summed E-state index contributed by atoms with van der Waals surface area (Å²) in [6.45, 7) is 0. The number of halogens is 4. The number of hydrogen-bond acceptors (Lipinski definition) is 2. The molecule has 1 aliphatic carbocycles. The fraction of sp³-hybridized carbons (Fsp3) is 0.750. The Bertz CT molecular complexity index is 345. The Hall–Kier alpha value is 0.1000. The van der Waals surface area contributed by atoms with Crippen LogP contribution in [-0.2, 0) is 9.59 Å². The largest absolute Gasteiger partial charge is 0.480 e. The van der Waals surface area contributed by atoms with Crippen molar-refractivity contribution in [3.8, 4) is 0 Å². The van der Waals surface area contributed by atoms with E-state index in [2.05, 4.69) is 0 Å². The molecule has 0 bridgehead atoms. The van der Waals surface area contributed by atoms with Gasteiger partial charge >= 0.3 is 11.9 Å². The molecule has 8 heteroatoms. The van der Waals surface area contributed by atoms with Gasteiger partial charge in [0.15, 0.2) is 4.87 Å². The summed E-state index contributed by atoms with van der Waals surface area (Å²) in [5.74, 6) is -3.19. The van der Waals surface area contributed by atoms with Gasteiger partial charge in [-0.15, -0.1) is 23.2 Å². The minimum Gasteiger partial charge on any atom is -0.480 e. The first-order chi connectivity index (χ1) is 7.09.